The minimum atomic E-state index is -0.439. The minimum Gasteiger partial charge on any atom is -0.393 e. The van der Waals surface area contributed by atoms with Gasteiger partial charge in [0.25, 0.3) is 0 Å². The van der Waals surface area contributed by atoms with Crippen molar-refractivity contribution in [3.05, 3.63) is 24.3 Å². The minimum absolute atomic E-state index is 0.0663. The predicted molar refractivity (Wildman–Crippen MR) is 124 cm³/mol. The molecule has 0 aromatic rings. The second kappa shape index (κ2) is 7.18. The Balaban J connectivity index is 1.45. The van der Waals surface area contributed by atoms with Crippen molar-refractivity contribution in [2.24, 2.45) is 46.3 Å². The number of fused-ring (bicyclic) bond motifs is 2. The molecule has 0 aromatic carbocycles. The smallest absolute Gasteiger partial charge is 0.130 e. The molecule has 2 spiro atoms. The molecular weight excluding hydrogens is 384 g/mol. The second-order valence-electron chi connectivity index (χ2n) is 12.7. The summed E-state index contributed by atoms with van der Waals surface area (Å²) in [6.45, 7) is 14.4. The monoisotopic (exact) mass is 428 g/mol. The van der Waals surface area contributed by atoms with E-state index in [1.807, 2.05) is 0 Å². The Labute approximate surface area is 189 Å². The van der Waals surface area contributed by atoms with Crippen molar-refractivity contribution in [3.8, 4) is 0 Å². The molecule has 0 aromatic heterocycles. The molecule has 4 aliphatic carbocycles. The largest absolute Gasteiger partial charge is 0.393 e. The molecule has 2 aliphatic heterocycles. The zero-order valence-electron chi connectivity index (χ0n) is 20.6. The molecule has 3 heteroatoms. The van der Waals surface area contributed by atoms with Crippen LogP contribution in [0.15, 0.2) is 24.3 Å². The molecule has 31 heavy (non-hydrogen) atoms. The molecule has 3 nitrogen and oxygen atoms in total. The van der Waals surface area contributed by atoms with Crippen LogP contribution in [0.1, 0.15) is 86.5 Å². The van der Waals surface area contributed by atoms with Crippen LogP contribution in [0.25, 0.3) is 0 Å². The van der Waals surface area contributed by atoms with Crippen LogP contribution in [0.4, 0.5) is 0 Å². The molecule has 3 saturated carbocycles. The van der Waals surface area contributed by atoms with E-state index in [2.05, 4.69) is 65.8 Å². The highest BCUT2D eigenvalue weighted by Crippen LogP contribution is 2.72. The topological polar surface area (TPSA) is 38.7 Å². The lowest BCUT2D eigenvalue weighted by Crippen LogP contribution is -2.73. The highest BCUT2D eigenvalue weighted by molar-refractivity contribution is 5.33. The van der Waals surface area contributed by atoms with E-state index in [0.29, 0.717) is 41.9 Å². The number of aliphatic hydroxyl groups excluding tert-OH is 1. The molecule has 0 amide bonds. The number of aliphatic hydroxyl groups is 1. The molecule has 4 fully saturated rings. The SMILES string of the molecule is CC(C)C(C)/C=C/C(C)[C@H]1CC[C@@H]2[C@]1(C)CC[C@H]1[C@]23C=C[C@]2(CC(O)CC[C@]12C)OO3. The van der Waals surface area contributed by atoms with Crippen molar-refractivity contribution in [1.82, 2.24) is 0 Å². The van der Waals surface area contributed by atoms with Crippen LogP contribution >= 0.6 is 0 Å². The standard InChI is InChI=1S/C28H44O3/c1-18(2)19(3)7-8-20(4)22-9-10-23-25(22,5)13-12-24-26(6)14-11-21(29)17-27(26)15-16-28(23,24)31-30-27/h7-8,15-16,18-24,29H,9-14,17H2,1-6H3/b8-7+/t19?,20?,21?,22-,23-,24-,25-,26-,27-,28+/m1/s1. The van der Waals surface area contributed by atoms with Crippen molar-refractivity contribution >= 4 is 0 Å². The Kier molecular flexibility index (Phi) is 5.13. The van der Waals surface area contributed by atoms with Crippen LogP contribution in [-0.2, 0) is 9.78 Å². The van der Waals surface area contributed by atoms with Crippen molar-refractivity contribution in [2.45, 2.75) is 104 Å². The first-order chi connectivity index (χ1) is 14.6. The Hall–Kier alpha value is -0.640. The number of rotatable bonds is 4. The molecule has 10 atom stereocenters. The maximum absolute atomic E-state index is 10.4. The molecular formula is C28H44O3. The highest BCUT2D eigenvalue weighted by Gasteiger charge is 2.74. The normalized spacial score (nSPS) is 52.8. The Morgan fingerprint density at radius 2 is 1.68 bits per heavy atom. The zero-order valence-corrected chi connectivity index (χ0v) is 20.6. The van der Waals surface area contributed by atoms with E-state index in [1.165, 1.54) is 25.7 Å². The van der Waals surface area contributed by atoms with Gasteiger partial charge in [0, 0.05) is 23.7 Å². The average Bonchev–Trinajstić information content (AvgIpc) is 3.09. The quantitative estimate of drug-likeness (QED) is 0.412. The van der Waals surface area contributed by atoms with E-state index < -0.39 is 5.60 Å². The van der Waals surface area contributed by atoms with Crippen molar-refractivity contribution in [3.63, 3.8) is 0 Å². The van der Waals surface area contributed by atoms with Gasteiger partial charge in [-0.15, -0.1) is 0 Å². The summed E-state index contributed by atoms with van der Waals surface area (Å²) in [5.74, 6) is 3.64. The summed E-state index contributed by atoms with van der Waals surface area (Å²) in [6, 6.07) is 0. The molecule has 1 N–H and O–H groups in total. The highest BCUT2D eigenvalue weighted by atomic mass is 17.2. The number of hydrogen-bond acceptors (Lipinski definition) is 3. The van der Waals surface area contributed by atoms with E-state index in [9.17, 15) is 5.11 Å². The van der Waals surface area contributed by atoms with E-state index in [0.717, 1.165) is 12.8 Å². The van der Waals surface area contributed by atoms with Gasteiger partial charge >= 0.3 is 0 Å². The summed E-state index contributed by atoms with van der Waals surface area (Å²) < 4.78 is 0. The molecule has 1 saturated heterocycles. The zero-order chi connectivity index (χ0) is 22.2. The maximum atomic E-state index is 10.4. The van der Waals surface area contributed by atoms with Crippen LogP contribution in [0.2, 0.25) is 0 Å². The maximum Gasteiger partial charge on any atom is 0.130 e. The fraction of sp³-hybridized carbons (Fsp3) is 0.857. The Morgan fingerprint density at radius 3 is 2.35 bits per heavy atom. The van der Waals surface area contributed by atoms with Gasteiger partial charge in [0.2, 0.25) is 0 Å². The number of hydrogen-bond donors (Lipinski definition) is 1. The Bertz CT molecular complexity index is 772. The van der Waals surface area contributed by atoms with E-state index in [1.54, 1.807) is 0 Å². The van der Waals surface area contributed by atoms with Crippen LogP contribution in [0, 0.1) is 46.3 Å². The van der Waals surface area contributed by atoms with Crippen LogP contribution in [-0.4, -0.2) is 22.4 Å². The summed E-state index contributed by atoms with van der Waals surface area (Å²) in [5.41, 5.74) is -0.366. The summed E-state index contributed by atoms with van der Waals surface area (Å²) >= 11 is 0. The van der Waals surface area contributed by atoms with Gasteiger partial charge < -0.3 is 5.11 Å². The van der Waals surface area contributed by atoms with Gasteiger partial charge in [-0.2, -0.15) is 0 Å². The van der Waals surface area contributed by atoms with Gasteiger partial charge in [0.05, 0.1) is 6.10 Å². The number of allylic oxidation sites excluding steroid dienone is 2. The van der Waals surface area contributed by atoms with E-state index in [4.69, 9.17) is 9.78 Å². The first-order valence-corrected chi connectivity index (χ1v) is 13.0. The Morgan fingerprint density at radius 1 is 0.903 bits per heavy atom. The molecule has 3 unspecified atom stereocenters. The predicted octanol–water partition coefficient (Wildman–Crippen LogP) is 6.47. The van der Waals surface area contributed by atoms with Crippen LogP contribution < -0.4 is 0 Å². The molecule has 6 aliphatic rings. The van der Waals surface area contributed by atoms with E-state index in [-0.39, 0.29) is 22.5 Å². The third-order valence-corrected chi connectivity index (χ3v) is 11.1. The van der Waals surface area contributed by atoms with Gasteiger partial charge in [-0.3, -0.25) is 0 Å². The summed E-state index contributed by atoms with van der Waals surface area (Å²) in [5, 5.41) is 10.4. The third kappa shape index (κ3) is 2.88. The van der Waals surface area contributed by atoms with Crippen molar-refractivity contribution in [1.29, 1.82) is 0 Å². The lowest BCUT2D eigenvalue weighted by Gasteiger charge is -2.69. The first-order valence-electron chi connectivity index (χ1n) is 13.0. The fourth-order valence-corrected chi connectivity index (χ4v) is 8.71. The van der Waals surface area contributed by atoms with Gasteiger partial charge in [-0.05, 0) is 73.7 Å². The third-order valence-electron chi connectivity index (χ3n) is 11.1. The van der Waals surface area contributed by atoms with Crippen molar-refractivity contribution < 1.29 is 14.9 Å². The lowest BCUT2D eigenvalue weighted by atomic mass is 9.43. The molecule has 2 bridgehead atoms. The molecule has 6 rings (SSSR count). The average molecular weight is 429 g/mol. The van der Waals surface area contributed by atoms with E-state index >= 15 is 0 Å². The summed E-state index contributed by atoms with van der Waals surface area (Å²) in [6.07, 6.45) is 17.0. The molecule has 174 valence electrons. The van der Waals surface area contributed by atoms with Gasteiger partial charge in [0.15, 0.2) is 0 Å². The second-order valence-corrected chi connectivity index (χ2v) is 12.7. The molecule has 2 heterocycles. The van der Waals surface area contributed by atoms with Gasteiger partial charge in [-0.25, -0.2) is 9.78 Å². The summed E-state index contributed by atoms with van der Waals surface area (Å²) in [4.78, 5) is 12.8. The summed E-state index contributed by atoms with van der Waals surface area (Å²) in [7, 11) is 0. The van der Waals surface area contributed by atoms with Gasteiger partial charge in [-0.1, -0.05) is 59.8 Å². The first kappa shape index (κ1) is 22.2. The van der Waals surface area contributed by atoms with Gasteiger partial charge in [0.1, 0.15) is 11.2 Å². The fourth-order valence-electron chi connectivity index (χ4n) is 8.71. The van der Waals surface area contributed by atoms with Crippen LogP contribution in [0.3, 0.4) is 0 Å². The van der Waals surface area contributed by atoms with Crippen LogP contribution in [0.5, 0.6) is 0 Å². The molecule has 0 radical (unpaired) electrons. The lowest BCUT2D eigenvalue weighted by molar-refractivity contribution is -0.497. The van der Waals surface area contributed by atoms with Crippen molar-refractivity contribution in [2.75, 3.05) is 0 Å².